The Morgan fingerprint density at radius 2 is 1.90 bits per heavy atom. The van der Waals surface area contributed by atoms with Gasteiger partial charge in [0.15, 0.2) is 18.2 Å². The Morgan fingerprint density at radius 3 is 2.55 bits per heavy atom. The summed E-state index contributed by atoms with van der Waals surface area (Å²) in [6.07, 6.45) is 1.30. The molecule has 0 bridgehead atoms. The Hall–Kier alpha value is -2.80. The van der Waals surface area contributed by atoms with Crippen molar-refractivity contribution in [3.63, 3.8) is 0 Å². The number of esters is 1. The van der Waals surface area contributed by atoms with E-state index >= 15 is 0 Å². The first-order valence-corrected chi connectivity index (χ1v) is 10.4. The third-order valence-electron chi connectivity index (χ3n) is 4.82. The fourth-order valence-electron chi connectivity index (χ4n) is 3.33. The van der Waals surface area contributed by atoms with Crippen molar-refractivity contribution < 1.29 is 23.9 Å². The highest BCUT2D eigenvalue weighted by molar-refractivity contribution is 7.12. The lowest BCUT2D eigenvalue weighted by Crippen LogP contribution is -2.24. The van der Waals surface area contributed by atoms with Gasteiger partial charge in [0.2, 0.25) is 5.91 Å². The van der Waals surface area contributed by atoms with Gasteiger partial charge >= 0.3 is 5.97 Å². The summed E-state index contributed by atoms with van der Waals surface area (Å²) in [5, 5.41) is 0. The van der Waals surface area contributed by atoms with Crippen LogP contribution >= 0.6 is 11.3 Å². The highest BCUT2D eigenvalue weighted by Gasteiger charge is 2.22. The van der Waals surface area contributed by atoms with Crippen molar-refractivity contribution in [3.8, 4) is 0 Å². The van der Waals surface area contributed by atoms with Gasteiger partial charge in [-0.2, -0.15) is 0 Å². The second-order valence-corrected chi connectivity index (χ2v) is 8.49. The lowest BCUT2D eigenvalue weighted by Gasteiger charge is -2.16. The number of aryl methyl sites for hydroxylation is 2. The Balaban J connectivity index is 1.50. The van der Waals surface area contributed by atoms with Crippen LogP contribution in [0.4, 0.5) is 5.69 Å². The highest BCUT2D eigenvalue weighted by Crippen LogP contribution is 2.23. The molecule has 0 N–H and O–H groups in total. The minimum Gasteiger partial charge on any atom is -0.457 e. The molecule has 6 nitrogen and oxygen atoms in total. The van der Waals surface area contributed by atoms with Gasteiger partial charge in [-0.1, -0.05) is 12.1 Å². The highest BCUT2D eigenvalue weighted by atomic mass is 32.1. The number of benzene rings is 1. The molecule has 29 heavy (non-hydrogen) atoms. The molecule has 1 aliphatic heterocycles. The Bertz CT molecular complexity index is 962. The normalized spacial score (nSPS) is 13.6. The number of hydrogen-bond acceptors (Lipinski definition) is 6. The molecule has 2 heterocycles. The summed E-state index contributed by atoms with van der Waals surface area (Å²) in [4.78, 5) is 52.1. The molecular formula is C22H23NO5S. The molecule has 7 heteroatoms. The third kappa shape index (κ3) is 5.17. The first kappa shape index (κ1) is 20.9. The Morgan fingerprint density at radius 1 is 1.10 bits per heavy atom. The summed E-state index contributed by atoms with van der Waals surface area (Å²) in [6.45, 7) is 4.07. The third-order valence-corrected chi connectivity index (χ3v) is 5.78. The molecule has 1 fully saturated rings. The van der Waals surface area contributed by atoms with E-state index in [2.05, 4.69) is 0 Å². The van der Waals surface area contributed by atoms with Gasteiger partial charge in [0.05, 0.1) is 6.42 Å². The number of carbonyl (C=O) groups is 4. The number of thiophene rings is 1. The van der Waals surface area contributed by atoms with E-state index < -0.39 is 5.97 Å². The smallest absolute Gasteiger partial charge is 0.306 e. The van der Waals surface area contributed by atoms with Crippen molar-refractivity contribution in [2.75, 3.05) is 18.1 Å². The van der Waals surface area contributed by atoms with Crippen molar-refractivity contribution in [1.82, 2.24) is 0 Å². The van der Waals surface area contributed by atoms with Crippen molar-refractivity contribution in [2.24, 2.45) is 0 Å². The number of Topliss-reactive ketones (excluding diaryl/α,β-unsaturated/α-hetero) is 2. The van der Waals surface area contributed by atoms with E-state index in [0.29, 0.717) is 29.8 Å². The van der Waals surface area contributed by atoms with Gasteiger partial charge in [-0.15, -0.1) is 11.3 Å². The van der Waals surface area contributed by atoms with Crippen LogP contribution in [0.5, 0.6) is 0 Å². The number of ether oxygens (including phenoxy) is 1. The van der Waals surface area contributed by atoms with Crippen LogP contribution in [-0.4, -0.2) is 36.6 Å². The van der Waals surface area contributed by atoms with Gasteiger partial charge in [0, 0.05) is 46.0 Å². The van der Waals surface area contributed by atoms with Gasteiger partial charge in [0.1, 0.15) is 0 Å². The Kier molecular flexibility index (Phi) is 6.59. The van der Waals surface area contributed by atoms with E-state index in [4.69, 9.17) is 4.74 Å². The van der Waals surface area contributed by atoms with Crippen molar-refractivity contribution in [3.05, 3.63) is 51.2 Å². The maximum atomic E-state index is 12.4. The summed E-state index contributed by atoms with van der Waals surface area (Å²) >= 11 is 1.55. The molecule has 0 unspecified atom stereocenters. The first-order chi connectivity index (χ1) is 13.8. The molecule has 1 amide bonds. The van der Waals surface area contributed by atoms with E-state index in [1.807, 2.05) is 19.9 Å². The van der Waals surface area contributed by atoms with Crippen LogP contribution in [0.15, 0.2) is 30.3 Å². The number of amides is 1. The van der Waals surface area contributed by atoms with E-state index in [1.54, 1.807) is 40.5 Å². The van der Waals surface area contributed by atoms with E-state index in [-0.39, 0.29) is 36.9 Å². The zero-order valence-electron chi connectivity index (χ0n) is 16.5. The monoisotopic (exact) mass is 413 g/mol. The van der Waals surface area contributed by atoms with Crippen molar-refractivity contribution in [2.45, 2.75) is 39.5 Å². The summed E-state index contributed by atoms with van der Waals surface area (Å²) < 4.78 is 5.05. The van der Waals surface area contributed by atoms with Gasteiger partial charge in [-0.3, -0.25) is 19.2 Å². The van der Waals surface area contributed by atoms with Crippen LogP contribution in [0.25, 0.3) is 0 Å². The second kappa shape index (κ2) is 9.13. The molecule has 0 saturated carbocycles. The lowest BCUT2D eigenvalue weighted by molar-refractivity contribution is -0.142. The molecule has 3 rings (SSSR count). The number of ketones is 2. The molecule has 0 radical (unpaired) electrons. The molecular weight excluding hydrogens is 390 g/mol. The molecule has 2 aromatic rings. The van der Waals surface area contributed by atoms with Gasteiger partial charge < -0.3 is 9.64 Å². The van der Waals surface area contributed by atoms with E-state index in [1.165, 1.54) is 0 Å². The second-order valence-electron chi connectivity index (χ2n) is 7.03. The van der Waals surface area contributed by atoms with Crippen molar-refractivity contribution in [1.29, 1.82) is 0 Å². The molecule has 152 valence electrons. The zero-order chi connectivity index (χ0) is 21.0. The maximum Gasteiger partial charge on any atom is 0.306 e. The fraction of sp³-hybridized carbons (Fsp3) is 0.364. The van der Waals surface area contributed by atoms with Gasteiger partial charge in [-0.05, 0) is 38.5 Å². The van der Waals surface area contributed by atoms with Crippen LogP contribution in [0.2, 0.25) is 0 Å². The van der Waals surface area contributed by atoms with Gasteiger partial charge in [-0.25, -0.2) is 0 Å². The lowest BCUT2D eigenvalue weighted by atomic mass is 10.1. The predicted molar refractivity (Wildman–Crippen MR) is 111 cm³/mol. The topological polar surface area (TPSA) is 80.8 Å². The van der Waals surface area contributed by atoms with E-state index in [0.717, 1.165) is 16.2 Å². The number of rotatable bonds is 8. The molecule has 1 saturated heterocycles. The van der Waals surface area contributed by atoms with Crippen LogP contribution in [-0.2, 0) is 14.3 Å². The van der Waals surface area contributed by atoms with Crippen LogP contribution in [0.1, 0.15) is 56.2 Å². The maximum absolute atomic E-state index is 12.4. The molecule has 0 aliphatic carbocycles. The number of carbonyl (C=O) groups excluding carboxylic acids is 4. The molecule has 0 spiro atoms. The van der Waals surface area contributed by atoms with Crippen LogP contribution in [0.3, 0.4) is 0 Å². The molecule has 1 aromatic carbocycles. The minimum absolute atomic E-state index is 0.0433. The first-order valence-electron chi connectivity index (χ1n) is 9.54. The summed E-state index contributed by atoms with van der Waals surface area (Å²) in [6, 6.07) is 8.59. The van der Waals surface area contributed by atoms with E-state index in [9.17, 15) is 19.2 Å². The summed E-state index contributed by atoms with van der Waals surface area (Å²) in [7, 11) is 0. The molecule has 0 atom stereocenters. The molecule has 1 aromatic heterocycles. The predicted octanol–water partition coefficient (Wildman–Crippen LogP) is 3.88. The molecule has 1 aliphatic rings. The average molecular weight is 413 g/mol. The standard InChI is InChI=1S/C22H23NO5S/c1-14-11-18(15(2)29-14)19(24)8-9-22(27)28-13-20(25)16-5-3-6-17(12-16)23-10-4-7-21(23)26/h3,5-6,11-12H,4,7-10,13H2,1-2H3. The quantitative estimate of drug-likeness (QED) is 0.485. The Labute approximate surface area is 173 Å². The minimum atomic E-state index is -0.581. The fourth-order valence-corrected chi connectivity index (χ4v) is 4.27. The number of nitrogens with zero attached hydrogens (tertiary/aromatic N) is 1. The number of anilines is 1. The van der Waals surface area contributed by atoms with Crippen LogP contribution in [0, 0.1) is 13.8 Å². The van der Waals surface area contributed by atoms with Crippen molar-refractivity contribution >= 4 is 40.5 Å². The zero-order valence-corrected chi connectivity index (χ0v) is 17.3. The number of hydrogen-bond donors (Lipinski definition) is 0. The largest absolute Gasteiger partial charge is 0.457 e. The average Bonchev–Trinajstić information content (AvgIpc) is 3.28. The summed E-state index contributed by atoms with van der Waals surface area (Å²) in [5.74, 6) is -0.982. The van der Waals surface area contributed by atoms with Gasteiger partial charge in [0.25, 0.3) is 0 Å². The van der Waals surface area contributed by atoms with Crippen LogP contribution < -0.4 is 4.90 Å². The SMILES string of the molecule is Cc1cc(C(=O)CCC(=O)OCC(=O)c2cccc(N3CCCC3=O)c2)c(C)s1. The summed E-state index contributed by atoms with van der Waals surface area (Å²) in [5.41, 5.74) is 1.71.